The van der Waals surface area contributed by atoms with E-state index in [2.05, 4.69) is 41.8 Å². The summed E-state index contributed by atoms with van der Waals surface area (Å²) < 4.78 is 0. The molecule has 1 aliphatic heterocycles. The highest BCUT2D eigenvalue weighted by Crippen LogP contribution is 2.26. The first kappa shape index (κ1) is 13.0. The molecule has 1 fully saturated rings. The van der Waals surface area contributed by atoms with Crippen LogP contribution in [0.2, 0.25) is 0 Å². The van der Waals surface area contributed by atoms with Gasteiger partial charge in [0.25, 0.3) is 0 Å². The molecule has 2 N–H and O–H groups in total. The highest BCUT2D eigenvalue weighted by atomic mass is 15.0. The van der Waals surface area contributed by atoms with Gasteiger partial charge in [-0.05, 0) is 43.2 Å². The van der Waals surface area contributed by atoms with E-state index in [1.54, 1.807) is 0 Å². The van der Waals surface area contributed by atoms with Gasteiger partial charge in [-0.2, -0.15) is 0 Å². The summed E-state index contributed by atoms with van der Waals surface area (Å²) >= 11 is 0. The second kappa shape index (κ2) is 5.96. The van der Waals surface area contributed by atoms with Crippen LogP contribution in [0.15, 0.2) is 24.3 Å². The summed E-state index contributed by atoms with van der Waals surface area (Å²) in [5.74, 6) is 0.931. The van der Waals surface area contributed by atoms with E-state index in [1.807, 2.05) is 0 Å². The maximum atomic E-state index is 3.80. The Kier molecular flexibility index (Phi) is 4.07. The van der Waals surface area contributed by atoms with Crippen LogP contribution in [-0.4, -0.2) is 18.6 Å². The topological polar surface area (TPSA) is 24.1 Å². The minimum Gasteiger partial charge on any atom is -0.380 e. The molecule has 3 atom stereocenters. The van der Waals surface area contributed by atoms with Crippen LogP contribution in [-0.2, 0) is 6.42 Å². The molecule has 0 saturated heterocycles. The predicted molar refractivity (Wildman–Crippen MR) is 81.6 cm³/mol. The van der Waals surface area contributed by atoms with Crippen molar-refractivity contribution < 1.29 is 0 Å². The lowest BCUT2D eigenvalue weighted by atomic mass is 10.0. The van der Waals surface area contributed by atoms with Crippen LogP contribution in [0.1, 0.15) is 44.6 Å². The summed E-state index contributed by atoms with van der Waals surface area (Å²) in [6.07, 6.45) is 8.12. The molecule has 2 nitrogen and oxygen atoms in total. The molecule has 1 aliphatic carbocycles. The van der Waals surface area contributed by atoms with Gasteiger partial charge in [-0.1, -0.05) is 38.0 Å². The Morgan fingerprint density at radius 3 is 2.95 bits per heavy atom. The smallest absolute Gasteiger partial charge is 0.0427 e. The van der Waals surface area contributed by atoms with E-state index in [4.69, 9.17) is 0 Å². The molecule has 0 spiro atoms. The molecule has 0 bridgehead atoms. The van der Waals surface area contributed by atoms with Gasteiger partial charge in [-0.25, -0.2) is 0 Å². The Morgan fingerprint density at radius 1 is 1.16 bits per heavy atom. The molecule has 1 aromatic rings. The first-order chi connectivity index (χ1) is 9.31. The standard InChI is InChI=1S/C17H26N2/c1-13-5-4-7-15(10-9-13)18-12-16-11-14-6-2-3-8-17(14)19-16/h2-3,6,8,13,15-16,18-19H,4-5,7,9-12H2,1H3. The quantitative estimate of drug-likeness (QED) is 0.810. The average Bonchev–Trinajstić information content (AvgIpc) is 2.72. The fourth-order valence-corrected chi connectivity index (χ4v) is 3.50. The van der Waals surface area contributed by atoms with Crippen molar-refractivity contribution in [2.24, 2.45) is 5.92 Å². The lowest BCUT2D eigenvalue weighted by Crippen LogP contribution is -2.37. The van der Waals surface area contributed by atoms with Crippen LogP contribution in [0, 0.1) is 5.92 Å². The number of hydrogen-bond acceptors (Lipinski definition) is 2. The van der Waals surface area contributed by atoms with Gasteiger partial charge in [0.2, 0.25) is 0 Å². The molecule has 0 amide bonds. The van der Waals surface area contributed by atoms with Gasteiger partial charge in [-0.15, -0.1) is 0 Å². The molecule has 1 saturated carbocycles. The maximum absolute atomic E-state index is 3.80. The summed E-state index contributed by atoms with van der Waals surface area (Å²) in [5, 5.41) is 7.43. The molecule has 104 valence electrons. The third-order valence-electron chi connectivity index (χ3n) is 4.75. The Labute approximate surface area is 117 Å². The third kappa shape index (κ3) is 3.30. The minimum atomic E-state index is 0.582. The fraction of sp³-hybridized carbons (Fsp3) is 0.647. The highest BCUT2D eigenvalue weighted by Gasteiger charge is 2.21. The molecule has 0 aromatic heterocycles. The molecule has 2 heteroatoms. The van der Waals surface area contributed by atoms with E-state index in [1.165, 1.54) is 49.8 Å². The van der Waals surface area contributed by atoms with Gasteiger partial charge in [0.15, 0.2) is 0 Å². The molecular weight excluding hydrogens is 232 g/mol. The number of fused-ring (bicyclic) bond motifs is 1. The van der Waals surface area contributed by atoms with Crippen LogP contribution in [0.3, 0.4) is 0 Å². The largest absolute Gasteiger partial charge is 0.380 e. The highest BCUT2D eigenvalue weighted by molar-refractivity contribution is 5.56. The van der Waals surface area contributed by atoms with Crippen molar-refractivity contribution >= 4 is 5.69 Å². The summed E-state index contributed by atoms with van der Waals surface area (Å²) in [6.45, 7) is 3.51. The van der Waals surface area contributed by atoms with E-state index in [0.29, 0.717) is 6.04 Å². The first-order valence-corrected chi connectivity index (χ1v) is 7.89. The van der Waals surface area contributed by atoms with Crippen molar-refractivity contribution in [3.8, 4) is 0 Å². The van der Waals surface area contributed by atoms with Crippen molar-refractivity contribution in [1.29, 1.82) is 0 Å². The Hall–Kier alpha value is -1.02. The summed E-state index contributed by atoms with van der Waals surface area (Å²) in [6, 6.07) is 10.0. The van der Waals surface area contributed by atoms with Crippen molar-refractivity contribution in [1.82, 2.24) is 5.32 Å². The van der Waals surface area contributed by atoms with Crippen molar-refractivity contribution in [2.45, 2.75) is 57.5 Å². The van der Waals surface area contributed by atoms with Crippen LogP contribution < -0.4 is 10.6 Å². The molecule has 3 rings (SSSR count). The normalized spacial score (nSPS) is 30.5. The zero-order valence-corrected chi connectivity index (χ0v) is 12.0. The van der Waals surface area contributed by atoms with E-state index in [0.717, 1.165) is 18.5 Å². The molecule has 1 heterocycles. The molecule has 19 heavy (non-hydrogen) atoms. The number of nitrogens with one attached hydrogen (secondary N) is 2. The minimum absolute atomic E-state index is 0.582. The number of anilines is 1. The van der Waals surface area contributed by atoms with Crippen molar-refractivity contribution in [2.75, 3.05) is 11.9 Å². The zero-order valence-electron chi connectivity index (χ0n) is 12.0. The van der Waals surface area contributed by atoms with E-state index < -0.39 is 0 Å². The number of rotatable bonds is 3. The summed E-state index contributed by atoms with van der Waals surface area (Å²) in [4.78, 5) is 0. The van der Waals surface area contributed by atoms with Crippen LogP contribution >= 0.6 is 0 Å². The summed E-state index contributed by atoms with van der Waals surface area (Å²) in [5.41, 5.74) is 2.81. The molecule has 0 radical (unpaired) electrons. The van der Waals surface area contributed by atoms with Gasteiger partial charge in [-0.3, -0.25) is 0 Å². The van der Waals surface area contributed by atoms with E-state index in [9.17, 15) is 0 Å². The second-order valence-electron chi connectivity index (χ2n) is 6.42. The lowest BCUT2D eigenvalue weighted by Gasteiger charge is -2.20. The van der Waals surface area contributed by atoms with Gasteiger partial charge in [0.1, 0.15) is 0 Å². The fourth-order valence-electron chi connectivity index (χ4n) is 3.50. The predicted octanol–water partition coefficient (Wildman–Crippen LogP) is 3.58. The molecule has 1 aromatic carbocycles. The van der Waals surface area contributed by atoms with Crippen molar-refractivity contribution in [3.63, 3.8) is 0 Å². The van der Waals surface area contributed by atoms with Crippen molar-refractivity contribution in [3.05, 3.63) is 29.8 Å². The molecular formula is C17H26N2. The second-order valence-corrected chi connectivity index (χ2v) is 6.42. The third-order valence-corrected chi connectivity index (χ3v) is 4.75. The van der Waals surface area contributed by atoms with Crippen LogP contribution in [0.4, 0.5) is 5.69 Å². The van der Waals surface area contributed by atoms with Gasteiger partial charge in [0.05, 0.1) is 0 Å². The van der Waals surface area contributed by atoms with Crippen LogP contribution in [0.25, 0.3) is 0 Å². The number of para-hydroxylation sites is 1. The van der Waals surface area contributed by atoms with Gasteiger partial charge >= 0.3 is 0 Å². The first-order valence-electron chi connectivity index (χ1n) is 7.89. The Bertz CT molecular complexity index is 390. The average molecular weight is 258 g/mol. The maximum Gasteiger partial charge on any atom is 0.0427 e. The van der Waals surface area contributed by atoms with Crippen LogP contribution in [0.5, 0.6) is 0 Å². The lowest BCUT2D eigenvalue weighted by molar-refractivity contribution is 0.438. The number of benzene rings is 1. The number of hydrogen-bond donors (Lipinski definition) is 2. The Morgan fingerprint density at radius 2 is 2.05 bits per heavy atom. The van der Waals surface area contributed by atoms with E-state index >= 15 is 0 Å². The molecule has 2 aliphatic rings. The van der Waals surface area contributed by atoms with E-state index in [-0.39, 0.29) is 0 Å². The SMILES string of the molecule is CC1CCCC(NCC2Cc3ccccc3N2)CC1. The molecule has 3 unspecified atom stereocenters. The summed E-state index contributed by atoms with van der Waals surface area (Å²) in [7, 11) is 0. The van der Waals surface area contributed by atoms with Gasteiger partial charge < -0.3 is 10.6 Å². The monoisotopic (exact) mass is 258 g/mol. The Balaban J connectivity index is 1.46. The zero-order chi connectivity index (χ0) is 13.1. The van der Waals surface area contributed by atoms with Gasteiger partial charge in [0, 0.05) is 24.3 Å².